The Morgan fingerprint density at radius 1 is 1.21 bits per heavy atom. The van der Waals surface area contributed by atoms with E-state index in [-0.39, 0.29) is 11.9 Å². The second kappa shape index (κ2) is 7.56. The molecule has 0 aromatic heterocycles. The molecule has 1 aliphatic rings. The van der Waals surface area contributed by atoms with Crippen LogP contribution in [-0.4, -0.2) is 23.9 Å². The molecule has 5 heteroatoms. The van der Waals surface area contributed by atoms with Crippen LogP contribution in [-0.2, 0) is 17.8 Å². The van der Waals surface area contributed by atoms with Crippen LogP contribution in [0.2, 0.25) is 10.0 Å². The number of halogens is 2. The first kappa shape index (κ1) is 17.3. The summed E-state index contributed by atoms with van der Waals surface area (Å²) in [5.74, 6) is 0.00731. The summed E-state index contributed by atoms with van der Waals surface area (Å²) in [6.45, 7) is 4.04. The molecule has 2 aromatic rings. The van der Waals surface area contributed by atoms with Crippen molar-refractivity contribution in [2.45, 2.75) is 25.9 Å². The number of fused-ring (bicyclic) bond motifs is 1. The lowest BCUT2D eigenvalue weighted by Gasteiger charge is -2.28. The van der Waals surface area contributed by atoms with E-state index in [9.17, 15) is 4.79 Å². The molecule has 1 N–H and O–H groups in total. The van der Waals surface area contributed by atoms with Gasteiger partial charge in [0, 0.05) is 23.1 Å². The van der Waals surface area contributed by atoms with Gasteiger partial charge in [0.15, 0.2) is 0 Å². The number of nitrogens with one attached hydrogen (secondary N) is 1. The maximum absolute atomic E-state index is 12.4. The Morgan fingerprint density at radius 3 is 2.71 bits per heavy atom. The van der Waals surface area contributed by atoms with Gasteiger partial charge in [-0.05, 0) is 42.2 Å². The normalized spacial score (nSPS) is 15.6. The predicted molar refractivity (Wildman–Crippen MR) is 98.4 cm³/mol. The van der Waals surface area contributed by atoms with E-state index in [0.717, 1.165) is 25.1 Å². The molecule has 0 spiro atoms. The molecule has 0 saturated heterocycles. The summed E-state index contributed by atoms with van der Waals surface area (Å²) in [6.07, 6.45) is 0.988. The maximum Gasteiger partial charge on any atom is 0.234 e. The molecule has 3 nitrogen and oxygen atoms in total. The first-order valence-electron chi connectivity index (χ1n) is 8.06. The van der Waals surface area contributed by atoms with Gasteiger partial charge in [-0.2, -0.15) is 0 Å². The van der Waals surface area contributed by atoms with E-state index >= 15 is 0 Å². The molecule has 24 heavy (non-hydrogen) atoms. The number of nitrogens with zero attached hydrogens (tertiary/aromatic N) is 1. The molecular formula is C19H20Cl2N2O. The summed E-state index contributed by atoms with van der Waals surface area (Å²) in [7, 11) is 0. The summed E-state index contributed by atoms with van der Waals surface area (Å²) < 4.78 is 0. The Bertz CT molecular complexity index is 748. The highest BCUT2D eigenvalue weighted by Crippen LogP contribution is 2.26. The van der Waals surface area contributed by atoms with Crippen molar-refractivity contribution in [1.29, 1.82) is 0 Å². The summed E-state index contributed by atoms with van der Waals surface area (Å²) in [6, 6.07) is 13.6. The van der Waals surface area contributed by atoms with Crippen molar-refractivity contribution in [3.05, 3.63) is 69.2 Å². The number of hydrogen-bond acceptors (Lipinski definition) is 2. The SMILES string of the molecule is C[C@@H](NC(=O)CN1CCc2ccccc2C1)c1ccc(Cl)cc1Cl. The van der Waals surface area contributed by atoms with E-state index in [0.29, 0.717) is 16.6 Å². The van der Waals surface area contributed by atoms with Crippen LogP contribution in [0.5, 0.6) is 0 Å². The summed E-state index contributed by atoms with van der Waals surface area (Å²) in [5.41, 5.74) is 3.57. The lowest BCUT2D eigenvalue weighted by atomic mass is 10.00. The van der Waals surface area contributed by atoms with E-state index in [2.05, 4.69) is 28.4 Å². The Morgan fingerprint density at radius 2 is 1.96 bits per heavy atom. The fraction of sp³-hybridized carbons (Fsp3) is 0.316. The van der Waals surface area contributed by atoms with Crippen LogP contribution in [0, 0.1) is 0 Å². The van der Waals surface area contributed by atoms with Crippen LogP contribution < -0.4 is 5.32 Å². The van der Waals surface area contributed by atoms with Crippen LogP contribution in [0.15, 0.2) is 42.5 Å². The van der Waals surface area contributed by atoms with Gasteiger partial charge < -0.3 is 5.32 Å². The van der Waals surface area contributed by atoms with Crippen molar-refractivity contribution in [1.82, 2.24) is 10.2 Å². The molecule has 0 aliphatic carbocycles. The zero-order valence-electron chi connectivity index (χ0n) is 13.6. The fourth-order valence-corrected chi connectivity index (χ4v) is 3.68. The van der Waals surface area contributed by atoms with Crippen molar-refractivity contribution in [3.63, 3.8) is 0 Å². The Labute approximate surface area is 152 Å². The van der Waals surface area contributed by atoms with E-state index in [4.69, 9.17) is 23.2 Å². The van der Waals surface area contributed by atoms with E-state index in [1.807, 2.05) is 19.1 Å². The minimum Gasteiger partial charge on any atom is -0.348 e. The number of amides is 1. The highest BCUT2D eigenvalue weighted by atomic mass is 35.5. The topological polar surface area (TPSA) is 32.3 Å². The monoisotopic (exact) mass is 362 g/mol. The molecular weight excluding hydrogens is 343 g/mol. The molecule has 2 aromatic carbocycles. The molecule has 1 heterocycles. The van der Waals surface area contributed by atoms with Crippen molar-refractivity contribution in [2.24, 2.45) is 0 Å². The molecule has 0 bridgehead atoms. The van der Waals surface area contributed by atoms with E-state index in [1.54, 1.807) is 12.1 Å². The number of carbonyl (C=O) groups is 1. The number of carbonyl (C=O) groups excluding carboxylic acids is 1. The van der Waals surface area contributed by atoms with Crippen molar-refractivity contribution in [3.8, 4) is 0 Å². The van der Waals surface area contributed by atoms with Crippen LogP contribution in [0.4, 0.5) is 0 Å². The van der Waals surface area contributed by atoms with Gasteiger partial charge in [-0.1, -0.05) is 53.5 Å². The van der Waals surface area contributed by atoms with Crippen molar-refractivity contribution >= 4 is 29.1 Å². The van der Waals surface area contributed by atoms with Gasteiger partial charge in [0.25, 0.3) is 0 Å². The zero-order valence-corrected chi connectivity index (χ0v) is 15.1. The first-order chi connectivity index (χ1) is 11.5. The molecule has 3 rings (SSSR count). The molecule has 0 unspecified atom stereocenters. The van der Waals surface area contributed by atoms with E-state index < -0.39 is 0 Å². The highest BCUT2D eigenvalue weighted by molar-refractivity contribution is 6.35. The van der Waals surface area contributed by atoms with Crippen LogP contribution >= 0.6 is 23.2 Å². The van der Waals surface area contributed by atoms with Crippen LogP contribution in [0.25, 0.3) is 0 Å². The third-order valence-electron chi connectivity index (χ3n) is 4.38. The Kier molecular flexibility index (Phi) is 5.44. The van der Waals surface area contributed by atoms with Crippen molar-refractivity contribution < 1.29 is 4.79 Å². The Balaban J connectivity index is 1.58. The fourth-order valence-electron chi connectivity index (χ4n) is 3.11. The molecule has 0 radical (unpaired) electrons. The van der Waals surface area contributed by atoms with Gasteiger partial charge in [-0.25, -0.2) is 0 Å². The first-order valence-corrected chi connectivity index (χ1v) is 8.82. The van der Waals surface area contributed by atoms with Crippen molar-refractivity contribution in [2.75, 3.05) is 13.1 Å². The number of hydrogen-bond donors (Lipinski definition) is 1. The summed E-state index contributed by atoms with van der Waals surface area (Å²) in [5, 5.41) is 4.18. The van der Waals surface area contributed by atoms with Crippen LogP contribution in [0.3, 0.4) is 0 Å². The predicted octanol–water partition coefficient (Wildman–Crippen LogP) is 4.23. The minimum atomic E-state index is -0.153. The highest BCUT2D eigenvalue weighted by Gasteiger charge is 2.19. The summed E-state index contributed by atoms with van der Waals surface area (Å²) >= 11 is 12.1. The van der Waals surface area contributed by atoms with E-state index in [1.165, 1.54) is 11.1 Å². The second-order valence-electron chi connectivity index (χ2n) is 6.18. The molecule has 1 aliphatic heterocycles. The second-order valence-corrected chi connectivity index (χ2v) is 7.03. The third-order valence-corrected chi connectivity index (χ3v) is 4.95. The standard InChI is InChI=1S/C19H20Cl2N2O/c1-13(17-7-6-16(20)10-18(17)21)22-19(24)12-23-9-8-14-4-2-3-5-15(14)11-23/h2-7,10,13H,8-9,11-12H2,1H3,(H,22,24)/t13-/m1/s1. The lowest BCUT2D eigenvalue weighted by Crippen LogP contribution is -2.40. The zero-order chi connectivity index (χ0) is 17.1. The molecule has 0 saturated carbocycles. The average Bonchev–Trinajstić information content (AvgIpc) is 2.54. The molecule has 1 atom stereocenters. The van der Waals surface area contributed by atoms with Gasteiger partial charge in [0.1, 0.15) is 0 Å². The van der Waals surface area contributed by atoms with Crippen LogP contribution in [0.1, 0.15) is 29.7 Å². The average molecular weight is 363 g/mol. The smallest absolute Gasteiger partial charge is 0.234 e. The Hall–Kier alpha value is -1.55. The summed E-state index contributed by atoms with van der Waals surface area (Å²) in [4.78, 5) is 14.5. The van der Waals surface area contributed by atoms with Gasteiger partial charge in [-0.15, -0.1) is 0 Å². The maximum atomic E-state index is 12.4. The number of benzene rings is 2. The van der Waals surface area contributed by atoms with Gasteiger partial charge in [0.05, 0.1) is 12.6 Å². The number of rotatable bonds is 4. The molecule has 1 amide bonds. The van der Waals surface area contributed by atoms with Gasteiger partial charge in [-0.3, -0.25) is 9.69 Å². The minimum absolute atomic E-state index is 0.00731. The molecule has 126 valence electrons. The molecule has 0 fully saturated rings. The third kappa shape index (κ3) is 4.10. The largest absolute Gasteiger partial charge is 0.348 e. The van der Waals surface area contributed by atoms with Gasteiger partial charge in [0.2, 0.25) is 5.91 Å². The lowest BCUT2D eigenvalue weighted by molar-refractivity contribution is -0.123. The van der Waals surface area contributed by atoms with Gasteiger partial charge >= 0.3 is 0 Å². The quantitative estimate of drug-likeness (QED) is 0.882.